The fraction of sp³-hybridized carbons (Fsp3) is 0.0556. The van der Waals surface area contributed by atoms with Gasteiger partial charge in [0.1, 0.15) is 5.69 Å². The Hall–Kier alpha value is -2.63. The third-order valence-corrected chi connectivity index (χ3v) is 4.25. The maximum absolute atomic E-state index is 12.1. The maximum Gasteiger partial charge on any atom is 0.270 e. The molecule has 0 atom stereocenters. The van der Waals surface area contributed by atoms with Crippen LogP contribution in [0.5, 0.6) is 0 Å². The summed E-state index contributed by atoms with van der Waals surface area (Å²) in [6, 6.07) is 12.4. The molecule has 126 valence electrons. The Morgan fingerprint density at radius 2 is 1.84 bits per heavy atom. The Balaban J connectivity index is 1.63. The van der Waals surface area contributed by atoms with Crippen molar-refractivity contribution in [3.63, 3.8) is 0 Å². The molecule has 0 radical (unpaired) electrons. The van der Waals surface area contributed by atoms with Crippen LogP contribution in [0.2, 0.25) is 10.0 Å². The number of hydrogen-bond acceptors (Lipinski definition) is 4. The highest BCUT2D eigenvalue weighted by molar-refractivity contribution is 6.43. The number of anilines is 2. The van der Waals surface area contributed by atoms with Gasteiger partial charge in [0.2, 0.25) is 0 Å². The highest BCUT2D eigenvalue weighted by atomic mass is 35.5. The zero-order valence-corrected chi connectivity index (χ0v) is 14.6. The van der Waals surface area contributed by atoms with E-state index in [9.17, 15) is 4.79 Å². The molecular weight excluding hydrogens is 359 g/mol. The first-order valence-electron chi connectivity index (χ1n) is 7.47. The topological polar surface area (TPSA) is 66.9 Å². The Morgan fingerprint density at radius 3 is 2.56 bits per heavy atom. The molecular formula is C18H14Cl2N4O. The number of halogens is 2. The highest BCUT2D eigenvalue weighted by Gasteiger charge is 2.08. The lowest BCUT2D eigenvalue weighted by Gasteiger charge is -2.10. The van der Waals surface area contributed by atoms with Gasteiger partial charge in [-0.1, -0.05) is 29.3 Å². The van der Waals surface area contributed by atoms with E-state index in [1.807, 2.05) is 18.2 Å². The molecule has 1 aromatic carbocycles. The summed E-state index contributed by atoms with van der Waals surface area (Å²) in [5.41, 5.74) is 2.68. The highest BCUT2D eigenvalue weighted by Crippen LogP contribution is 2.31. The summed E-state index contributed by atoms with van der Waals surface area (Å²) in [5.74, 6) is -0.246. The first kappa shape index (κ1) is 17.2. The molecule has 0 fully saturated rings. The monoisotopic (exact) mass is 372 g/mol. The van der Waals surface area contributed by atoms with Gasteiger partial charge in [-0.05, 0) is 42.0 Å². The molecule has 0 aliphatic carbocycles. The maximum atomic E-state index is 12.1. The molecule has 25 heavy (non-hydrogen) atoms. The minimum Gasteiger partial charge on any atom is -0.353 e. The lowest BCUT2D eigenvalue weighted by atomic mass is 10.2. The molecule has 0 spiro atoms. The van der Waals surface area contributed by atoms with Crippen molar-refractivity contribution in [3.8, 4) is 0 Å². The number of rotatable bonds is 5. The molecule has 0 saturated carbocycles. The number of benzene rings is 1. The van der Waals surface area contributed by atoms with Gasteiger partial charge in [-0.2, -0.15) is 0 Å². The first-order chi connectivity index (χ1) is 12.1. The van der Waals surface area contributed by atoms with Gasteiger partial charge in [0.25, 0.3) is 5.91 Å². The van der Waals surface area contributed by atoms with Crippen molar-refractivity contribution in [2.45, 2.75) is 6.54 Å². The van der Waals surface area contributed by atoms with E-state index in [0.717, 1.165) is 5.56 Å². The number of carbonyl (C=O) groups is 1. The average molecular weight is 373 g/mol. The minimum absolute atomic E-state index is 0.246. The normalized spacial score (nSPS) is 10.3. The summed E-state index contributed by atoms with van der Waals surface area (Å²) in [6.45, 7) is 0.418. The van der Waals surface area contributed by atoms with Crippen LogP contribution < -0.4 is 10.6 Å². The van der Waals surface area contributed by atoms with Crippen LogP contribution in [0.3, 0.4) is 0 Å². The van der Waals surface area contributed by atoms with Crippen LogP contribution in [-0.2, 0) is 6.54 Å². The van der Waals surface area contributed by atoms with Crippen molar-refractivity contribution in [1.82, 2.24) is 15.3 Å². The summed E-state index contributed by atoms with van der Waals surface area (Å²) >= 11 is 12.1. The summed E-state index contributed by atoms with van der Waals surface area (Å²) < 4.78 is 0. The largest absolute Gasteiger partial charge is 0.353 e. The van der Waals surface area contributed by atoms with Crippen LogP contribution in [0, 0.1) is 0 Å². The van der Waals surface area contributed by atoms with E-state index < -0.39 is 0 Å². The number of amides is 1. The molecule has 0 aliphatic heterocycles. The minimum atomic E-state index is -0.246. The third-order valence-electron chi connectivity index (χ3n) is 3.43. The molecule has 0 saturated heterocycles. The predicted molar refractivity (Wildman–Crippen MR) is 99.4 cm³/mol. The van der Waals surface area contributed by atoms with Crippen LogP contribution in [0.1, 0.15) is 16.1 Å². The van der Waals surface area contributed by atoms with Crippen LogP contribution in [0.15, 0.2) is 61.1 Å². The van der Waals surface area contributed by atoms with Crippen molar-refractivity contribution >= 4 is 40.5 Å². The molecule has 2 heterocycles. The van der Waals surface area contributed by atoms with Crippen molar-refractivity contribution in [1.29, 1.82) is 0 Å². The molecule has 0 aliphatic rings. The number of hydrogen-bond donors (Lipinski definition) is 2. The lowest BCUT2D eigenvalue weighted by Crippen LogP contribution is -2.23. The second kappa shape index (κ2) is 7.96. The number of nitrogens with zero attached hydrogens (tertiary/aromatic N) is 2. The smallest absolute Gasteiger partial charge is 0.270 e. The fourth-order valence-corrected chi connectivity index (χ4v) is 2.48. The third kappa shape index (κ3) is 4.47. The second-order valence-corrected chi connectivity index (χ2v) is 5.98. The summed E-state index contributed by atoms with van der Waals surface area (Å²) in [7, 11) is 0. The predicted octanol–water partition coefficient (Wildman–Crippen LogP) is 4.46. The van der Waals surface area contributed by atoms with Gasteiger partial charge in [0, 0.05) is 18.9 Å². The van der Waals surface area contributed by atoms with Gasteiger partial charge in [0.15, 0.2) is 0 Å². The van der Waals surface area contributed by atoms with E-state index in [1.165, 1.54) is 0 Å². The van der Waals surface area contributed by atoms with Crippen molar-refractivity contribution in [2.75, 3.05) is 5.32 Å². The van der Waals surface area contributed by atoms with E-state index in [-0.39, 0.29) is 5.91 Å². The molecule has 3 aromatic rings. The molecule has 0 unspecified atom stereocenters. The van der Waals surface area contributed by atoms with Gasteiger partial charge in [-0.15, -0.1) is 0 Å². The summed E-state index contributed by atoms with van der Waals surface area (Å²) in [5, 5.41) is 6.83. The molecule has 0 bridgehead atoms. The molecule has 2 N–H and O–H groups in total. The van der Waals surface area contributed by atoms with E-state index in [1.54, 1.807) is 42.9 Å². The Labute approximate surface area is 155 Å². The molecule has 2 aromatic heterocycles. The standard InChI is InChI=1S/C18H14Cl2N4O/c19-14-2-1-3-15(17(14)20)24-13-4-5-16(22-11-13)18(25)23-10-12-6-8-21-9-7-12/h1-9,11,24H,10H2,(H,23,25). The average Bonchev–Trinajstić information content (AvgIpc) is 2.65. The zero-order chi connectivity index (χ0) is 17.6. The van der Waals surface area contributed by atoms with Crippen LogP contribution in [0.4, 0.5) is 11.4 Å². The van der Waals surface area contributed by atoms with Crippen LogP contribution >= 0.6 is 23.2 Å². The molecule has 5 nitrogen and oxygen atoms in total. The summed E-state index contributed by atoms with van der Waals surface area (Å²) in [6.07, 6.45) is 4.93. The van der Waals surface area contributed by atoms with Crippen molar-refractivity contribution < 1.29 is 4.79 Å². The quantitative estimate of drug-likeness (QED) is 0.693. The van der Waals surface area contributed by atoms with E-state index >= 15 is 0 Å². The Kier molecular flexibility index (Phi) is 5.48. The van der Waals surface area contributed by atoms with Crippen LogP contribution in [0.25, 0.3) is 0 Å². The van der Waals surface area contributed by atoms with Crippen molar-refractivity contribution in [3.05, 3.63) is 82.4 Å². The summed E-state index contributed by atoms with van der Waals surface area (Å²) in [4.78, 5) is 20.3. The molecule has 1 amide bonds. The lowest BCUT2D eigenvalue weighted by molar-refractivity contribution is 0.0946. The van der Waals surface area contributed by atoms with Gasteiger partial charge in [-0.25, -0.2) is 4.98 Å². The SMILES string of the molecule is O=C(NCc1ccncc1)c1ccc(Nc2cccc(Cl)c2Cl)cn1. The second-order valence-electron chi connectivity index (χ2n) is 5.20. The number of pyridine rings is 2. The first-order valence-corrected chi connectivity index (χ1v) is 8.23. The number of aromatic nitrogens is 2. The molecule has 7 heteroatoms. The van der Waals surface area contributed by atoms with Gasteiger partial charge < -0.3 is 10.6 Å². The van der Waals surface area contributed by atoms with Gasteiger partial charge in [0.05, 0.1) is 27.6 Å². The Morgan fingerprint density at radius 1 is 1.04 bits per heavy atom. The number of carbonyl (C=O) groups excluding carboxylic acids is 1. The molecule has 3 rings (SSSR count). The van der Waals surface area contributed by atoms with Gasteiger partial charge in [-0.3, -0.25) is 9.78 Å². The zero-order valence-electron chi connectivity index (χ0n) is 13.0. The number of nitrogens with one attached hydrogen (secondary N) is 2. The van der Waals surface area contributed by atoms with Gasteiger partial charge >= 0.3 is 0 Å². The van der Waals surface area contributed by atoms with Crippen molar-refractivity contribution in [2.24, 2.45) is 0 Å². The van der Waals surface area contributed by atoms with E-state index in [2.05, 4.69) is 20.6 Å². The Bertz CT molecular complexity index is 870. The van der Waals surface area contributed by atoms with E-state index in [0.29, 0.717) is 33.7 Å². The fourth-order valence-electron chi connectivity index (χ4n) is 2.13. The van der Waals surface area contributed by atoms with Crippen LogP contribution in [-0.4, -0.2) is 15.9 Å². The van der Waals surface area contributed by atoms with E-state index in [4.69, 9.17) is 23.2 Å².